The molecule has 0 aliphatic rings. The zero-order chi connectivity index (χ0) is 35.8. The first-order valence-electron chi connectivity index (χ1n) is 18.6. The Balaban J connectivity index is 1.02. The van der Waals surface area contributed by atoms with Crippen molar-refractivity contribution in [3.63, 3.8) is 0 Å². The summed E-state index contributed by atoms with van der Waals surface area (Å²) < 4.78 is 11.4. The van der Waals surface area contributed by atoms with Gasteiger partial charge in [-0.2, -0.15) is 0 Å². The van der Waals surface area contributed by atoms with E-state index in [0.29, 0.717) is 0 Å². The monoisotopic (exact) mass is 717 g/mol. The Morgan fingerprint density at radius 2 is 1.11 bits per heavy atom. The third-order valence-electron chi connectivity index (χ3n) is 11.5. The highest BCUT2D eigenvalue weighted by Gasteiger charge is 2.22. The van der Waals surface area contributed by atoms with Gasteiger partial charge in [0.2, 0.25) is 0 Å². The maximum absolute atomic E-state index is 6.64. The van der Waals surface area contributed by atoms with E-state index in [-0.39, 0.29) is 0 Å². The van der Waals surface area contributed by atoms with E-state index in [1.165, 1.54) is 48.1 Å². The first-order valence-corrected chi connectivity index (χ1v) is 19.4. The summed E-state index contributed by atoms with van der Waals surface area (Å²) in [6.07, 6.45) is 0. The molecule has 4 nitrogen and oxygen atoms in total. The van der Waals surface area contributed by atoms with E-state index in [1.54, 1.807) is 11.3 Å². The molecule has 0 spiro atoms. The van der Waals surface area contributed by atoms with Gasteiger partial charge in [0.15, 0.2) is 5.82 Å². The van der Waals surface area contributed by atoms with Crippen molar-refractivity contribution in [1.82, 2.24) is 14.5 Å². The molecule has 254 valence electrons. The highest BCUT2D eigenvalue weighted by Crippen LogP contribution is 2.45. The molecule has 0 saturated heterocycles. The molecule has 13 rings (SSSR count). The molecule has 55 heavy (non-hydrogen) atoms. The van der Waals surface area contributed by atoms with Crippen LogP contribution < -0.4 is 0 Å². The van der Waals surface area contributed by atoms with Gasteiger partial charge in [-0.1, -0.05) is 115 Å². The van der Waals surface area contributed by atoms with Crippen molar-refractivity contribution < 1.29 is 4.42 Å². The van der Waals surface area contributed by atoms with Gasteiger partial charge >= 0.3 is 0 Å². The summed E-state index contributed by atoms with van der Waals surface area (Å²) in [5, 5.41) is 13.0. The van der Waals surface area contributed by atoms with Gasteiger partial charge < -0.3 is 8.98 Å². The molecule has 0 aliphatic heterocycles. The zero-order valence-corrected chi connectivity index (χ0v) is 30.1. The van der Waals surface area contributed by atoms with Crippen LogP contribution in [0.4, 0.5) is 0 Å². The molecular formula is C50H27N3OS. The van der Waals surface area contributed by atoms with Gasteiger partial charge in [-0.25, -0.2) is 9.97 Å². The molecule has 9 aromatic carbocycles. The molecule has 13 aromatic rings. The van der Waals surface area contributed by atoms with E-state index in [9.17, 15) is 0 Å². The molecule has 0 fully saturated rings. The number of hydrogen-bond acceptors (Lipinski definition) is 4. The van der Waals surface area contributed by atoms with Crippen molar-refractivity contribution in [2.45, 2.75) is 0 Å². The van der Waals surface area contributed by atoms with Crippen molar-refractivity contribution in [1.29, 1.82) is 0 Å². The molecule has 4 aromatic heterocycles. The molecule has 5 heteroatoms. The lowest BCUT2D eigenvalue weighted by Crippen LogP contribution is -1.95. The largest absolute Gasteiger partial charge is 0.456 e. The van der Waals surface area contributed by atoms with Crippen molar-refractivity contribution in [2.75, 3.05) is 0 Å². The minimum atomic E-state index is 0.731. The molecule has 0 aliphatic carbocycles. The van der Waals surface area contributed by atoms with Crippen LogP contribution in [-0.4, -0.2) is 14.5 Å². The predicted molar refractivity (Wildman–Crippen MR) is 231 cm³/mol. The van der Waals surface area contributed by atoms with E-state index >= 15 is 0 Å². The van der Waals surface area contributed by atoms with E-state index in [1.807, 2.05) is 0 Å². The summed E-state index contributed by atoms with van der Waals surface area (Å²) in [6.45, 7) is 0. The van der Waals surface area contributed by atoms with Crippen molar-refractivity contribution in [3.8, 4) is 28.3 Å². The second kappa shape index (κ2) is 10.8. The van der Waals surface area contributed by atoms with Gasteiger partial charge in [-0.3, -0.25) is 0 Å². The molecule has 0 atom stereocenters. The quantitative estimate of drug-likeness (QED) is 0.183. The molecule has 4 heterocycles. The second-order valence-corrected chi connectivity index (χ2v) is 15.6. The lowest BCUT2D eigenvalue weighted by Gasteiger charge is -2.12. The molecule has 0 N–H and O–H groups in total. The maximum Gasteiger partial charge on any atom is 0.160 e. The smallest absolute Gasteiger partial charge is 0.160 e. The van der Waals surface area contributed by atoms with Crippen molar-refractivity contribution in [2.24, 2.45) is 0 Å². The van der Waals surface area contributed by atoms with Crippen LogP contribution in [-0.2, 0) is 0 Å². The van der Waals surface area contributed by atoms with E-state index in [4.69, 9.17) is 14.4 Å². The Bertz CT molecular complexity index is 3630. The minimum Gasteiger partial charge on any atom is -0.456 e. The topological polar surface area (TPSA) is 43.9 Å². The lowest BCUT2D eigenvalue weighted by molar-refractivity contribution is 0.664. The molecule has 0 amide bonds. The fourth-order valence-electron chi connectivity index (χ4n) is 9.09. The van der Waals surface area contributed by atoms with Crippen molar-refractivity contribution in [3.05, 3.63) is 164 Å². The summed E-state index contributed by atoms with van der Waals surface area (Å²) in [7, 11) is 0. The molecule has 0 unspecified atom stereocenters. The first-order chi connectivity index (χ1) is 27.2. The Labute approximate surface area is 317 Å². The average Bonchev–Trinajstić information content (AvgIpc) is 3.74. The summed E-state index contributed by atoms with van der Waals surface area (Å²) in [6, 6.07) is 58.7. The number of nitrogens with zero attached hydrogens (tertiary/aromatic N) is 3. The molecule has 0 bridgehead atoms. The van der Waals surface area contributed by atoms with E-state index in [2.05, 4.69) is 168 Å². The van der Waals surface area contributed by atoms with Gasteiger partial charge in [0.05, 0.1) is 26.9 Å². The van der Waals surface area contributed by atoms with Crippen LogP contribution in [0.15, 0.2) is 168 Å². The number of benzene rings is 9. The number of aromatic nitrogens is 3. The van der Waals surface area contributed by atoms with Crippen LogP contribution in [0.2, 0.25) is 0 Å². The number of thiophene rings is 1. The maximum atomic E-state index is 6.64. The molecular weight excluding hydrogens is 691 g/mol. The summed E-state index contributed by atoms with van der Waals surface area (Å²) in [5.41, 5.74) is 9.36. The fourth-order valence-corrected chi connectivity index (χ4v) is 10.2. The first kappa shape index (κ1) is 29.4. The Kier molecular flexibility index (Phi) is 5.74. The molecule has 0 radical (unpaired) electrons. The van der Waals surface area contributed by atoms with Gasteiger partial charge in [0.25, 0.3) is 0 Å². The van der Waals surface area contributed by atoms with Crippen LogP contribution in [0.5, 0.6) is 0 Å². The summed E-state index contributed by atoms with van der Waals surface area (Å²) in [5.74, 6) is 0.731. The van der Waals surface area contributed by atoms with Gasteiger partial charge in [0.1, 0.15) is 11.2 Å². The Morgan fingerprint density at radius 3 is 1.91 bits per heavy atom. The number of fused-ring (bicyclic) bond motifs is 5. The van der Waals surface area contributed by atoms with Crippen LogP contribution >= 0.6 is 11.3 Å². The third-order valence-corrected chi connectivity index (χ3v) is 12.7. The standard InChI is InChI=1S/C50H27N3OS/c1-2-12-35-28(8-1)9-5-14-36(35)47-49-48(37-13-3-4-17-42(37)55-49)52-50(51-47)33-19-18-32-27-34(23-20-31(32)26-33)53-38-24-21-29-10-6-15-40-43(29)45(38)46-39(53)25-22-30-11-7-16-41(54-40)44(30)46/h1-27H. The summed E-state index contributed by atoms with van der Waals surface area (Å²) in [4.78, 5) is 10.6. The van der Waals surface area contributed by atoms with Crippen LogP contribution in [0.3, 0.4) is 0 Å². The van der Waals surface area contributed by atoms with E-state index in [0.717, 1.165) is 76.6 Å². The fraction of sp³-hybridized carbons (Fsp3) is 0. The van der Waals surface area contributed by atoms with Crippen LogP contribution in [0.1, 0.15) is 0 Å². The normalized spacial score (nSPS) is 12.4. The Hall–Kier alpha value is -7.08. The second-order valence-electron chi connectivity index (χ2n) is 14.5. The summed E-state index contributed by atoms with van der Waals surface area (Å²) >= 11 is 1.77. The van der Waals surface area contributed by atoms with Gasteiger partial charge in [0, 0.05) is 48.4 Å². The zero-order valence-electron chi connectivity index (χ0n) is 29.2. The van der Waals surface area contributed by atoms with Gasteiger partial charge in [-0.15, -0.1) is 11.3 Å². The minimum absolute atomic E-state index is 0.731. The lowest BCUT2D eigenvalue weighted by atomic mass is 10.00. The third kappa shape index (κ3) is 4.05. The SMILES string of the molecule is c1ccc2c(-c3nc(-c4ccc5cc(-n6c7ccc8cccc9oc%10cccc%11ccc6c(c%11%10)c7c89)ccc5c4)nc4c3sc3ccccc34)cccc2c1. The number of rotatable bonds is 3. The van der Waals surface area contributed by atoms with E-state index < -0.39 is 0 Å². The van der Waals surface area contributed by atoms with Crippen molar-refractivity contribution >= 4 is 108 Å². The number of hydrogen-bond donors (Lipinski definition) is 0. The predicted octanol–water partition coefficient (Wildman–Crippen LogP) is 14.1. The average molecular weight is 718 g/mol. The highest BCUT2D eigenvalue weighted by molar-refractivity contribution is 7.26. The molecule has 0 saturated carbocycles. The highest BCUT2D eigenvalue weighted by atomic mass is 32.1. The van der Waals surface area contributed by atoms with Crippen LogP contribution in [0, 0.1) is 0 Å². The van der Waals surface area contributed by atoms with Gasteiger partial charge in [-0.05, 0) is 80.8 Å². The van der Waals surface area contributed by atoms with Crippen LogP contribution in [0.25, 0.3) is 125 Å². The Morgan fingerprint density at radius 1 is 0.473 bits per heavy atom.